The van der Waals surface area contributed by atoms with E-state index in [1.54, 1.807) is 40.9 Å². The standard InChI is InChI=1S/C15H23N3O3/c1-14(2,12(19)20)15(3,4)17-13(21)18(5)10-11-8-6-7-9-16-11/h6-9H,10H2,1-5H3,(H,17,21)(H,19,20). The number of hydrogen-bond acceptors (Lipinski definition) is 3. The number of nitrogens with zero attached hydrogens (tertiary/aromatic N) is 2. The summed E-state index contributed by atoms with van der Waals surface area (Å²) in [4.78, 5) is 29.2. The van der Waals surface area contributed by atoms with Crippen LogP contribution in [-0.4, -0.2) is 39.6 Å². The number of carboxylic acid groups (broad SMARTS) is 1. The number of nitrogens with one attached hydrogen (secondary N) is 1. The van der Waals surface area contributed by atoms with Crippen molar-refractivity contribution in [3.8, 4) is 0 Å². The first kappa shape index (κ1) is 16.9. The van der Waals surface area contributed by atoms with E-state index in [0.29, 0.717) is 6.54 Å². The summed E-state index contributed by atoms with van der Waals surface area (Å²) in [7, 11) is 1.65. The lowest BCUT2D eigenvalue weighted by Gasteiger charge is -2.39. The molecule has 0 atom stereocenters. The minimum Gasteiger partial charge on any atom is -0.481 e. The van der Waals surface area contributed by atoms with E-state index in [0.717, 1.165) is 5.69 Å². The maximum Gasteiger partial charge on any atom is 0.317 e. The van der Waals surface area contributed by atoms with E-state index in [1.807, 2.05) is 18.2 Å². The van der Waals surface area contributed by atoms with Crippen molar-refractivity contribution in [1.29, 1.82) is 0 Å². The minimum atomic E-state index is -1.09. The van der Waals surface area contributed by atoms with Crippen LogP contribution in [0.4, 0.5) is 4.79 Å². The largest absolute Gasteiger partial charge is 0.481 e. The number of pyridine rings is 1. The molecule has 0 aliphatic rings. The fourth-order valence-electron chi connectivity index (χ4n) is 1.59. The summed E-state index contributed by atoms with van der Waals surface area (Å²) in [6.45, 7) is 6.94. The third-order valence-electron chi connectivity index (χ3n) is 3.99. The lowest BCUT2D eigenvalue weighted by Crippen LogP contribution is -2.59. The van der Waals surface area contributed by atoms with Crippen molar-refractivity contribution < 1.29 is 14.7 Å². The maximum atomic E-state index is 12.2. The van der Waals surface area contributed by atoms with Gasteiger partial charge in [0.25, 0.3) is 0 Å². The average molecular weight is 293 g/mol. The van der Waals surface area contributed by atoms with E-state index in [2.05, 4.69) is 10.3 Å². The Morgan fingerprint density at radius 3 is 2.38 bits per heavy atom. The zero-order valence-corrected chi connectivity index (χ0v) is 13.2. The van der Waals surface area contributed by atoms with Gasteiger partial charge >= 0.3 is 12.0 Å². The smallest absolute Gasteiger partial charge is 0.317 e. The van der Waals surface area contributed by atoms with Crippen LogP contribution in [0, 0.1) is 5.41 Å². The van der Waals surface area contributed by atoms with Gasteiger partial charge in [0, 0.05) is 13.2 Å². The van der Waals surface area contributed by atoms with Crippen LogP contribution in [0.15, 0.2) is 24.4 Å². The lowest BCUT2D eigenvalue weighted by molar-refractivity contribution is -0.150. The van der Waals surface area contributed by atoms with Crippen LogP contribution in [0.1, 0.15) is 33.4 Å². The van der Waals surface area contributed by atoms with E-state index in [-0.39, 0.29) is 6.03 Å². The molecule has 1 aromatic rings. The van der Waals surface area contributed by atoms with Crippen molar-refractivity contribution in [2.75, 3.05) is 7.05 Å². The molecule has 1 aromatic heterocycles. The van der Waals surface area contributed by atoms with Crippen LogP contribution in [0.3, 0.4) is 0 Å². The Kier molecular flexibility index (Phi) is 4.93. The number of carboxylic acids is 1. The summed E-state index contributed by atoms with van der Waals surface area (Å²) < 4.78 is 0. The second-order valence-corrected chi connectivity index (χ2v) is 6.16. The van der Waals surface area contributed by atoms with E-state index < -0.39 is 16.9 Å². The molecule has 6 nitrogen and oxygen atoms in total. The molecule has 0 saturated carbocycles. The van der Waals surface area contributed by atoms with Crippen LogP contribution >= 0.6 is 0 Å². The summed E-state index contributed by atoms with van der Waals surface area (Å²) in [6.07, 6.45) is 1.67. The van der Waals surface area contributed by atoms with Crippen molar-refractivity contribution in [2.24, 2.45) is 5.41 Å². The Labute approximate surface area is 125 Å². The number of aliphatic carboxylic acids is 1. The summed E-state index contributed by atoms with van der Waals surface area (Å²) in [5.41, 5.74) is -1.21. The fourth-order valence-corrected chi connectivity index (χ4v) is 1.59. The Morgan fingerprint density at radius 2 is 1.90 bits per heavy atom. The fraction of sp³-hybridized carbons (Fsp3) is 0.533. The highest BCUT2D eigenvalue weighted by molar-refractivity contribution is 5.79. The van der Waals surface area contributed by atoms with Gasteiger partial charge in [-0.25, -0.2) is 4.79 Å². The topological polar surface area (TPSA) is 82.5 Å². The molecule has 21 heavy (non-hydrogen) atoms. The normalized spacial score (nSPS) is 11.9. The van der Waals surface area contributed by atoms with Crippen molar-refractivity contribution in [3.05, 3.63) is 30.1 Å². The first-order chi connectivity index (χ1) is 9.58. The Morgan fingerprint density at radius 1 is 1.29 bits per heavy atom. The number of carbonyl (C=O) groups is 2. The van der Waals surface area contributed by atoms with Gasteiger partial charge in [-0.2, -0.15) is 0 Å². The molecule has 0 fully saturated rings. The second kappa shape index (κ2) is 6.11. The molecule has 0 saturated heterocycles. The second-order valence-electron chi connectivity index (χ2n) is 6.16. The monoisotopic (exact) mass is 293 g/mol. The first-order valence-electron chi connectivity index (χ1n) is 6.74. The minimum absolute atomic E-state index is 0.333. The summed E-state index contributed by atoms with van der Waals surface area (Å²) >= 11 is 0. The molecule has 2 amide bonds. The Hall–Kier alpha value is -2.11. The number of rotatable bonds is 5. The van der Waals surface area contributed by atoms with Crippen molar-refractivity contribution in [2.45, 2.75) is 39.8 Å². The molecule has 0 aliphatic carbocycles. The van der Waals surface area contributed by atoms with Gasteiger partial charge in [-0.15, -0.1) is 0 Å². The average Bonchev–Trinajstić information content (AvgIpc) is 2.38. The van der Waals surface area contributed by atoms with E-state index >= 15 is 0 Å². The number of amides is 2. The molecule has 0 aromatic carbocycles. The molecule has 0 spiro atoms. The maximum absolute atomic E-state index is 12.2. The molecule has 6 heteroatoms. The quantitative estimate of drug-likeness (QED) is 0.871. The van der Waals surface area contributed by atoms with Crippen LogP contribution in [0.2, 0.25) is 0 Å². The summed E-state index contributed by atoms with van der Waals surface area (Å²) in [5, 5.41) is 12.1. The summed E-state index contributed by atoms with van der Waals surface area (Å²) in [5.74, 6) is -0.958. The first-order valence-corrected chi connectivity index (χ1v) is 6.74. The highest BCUT2D eigenvalue weighted by Gasteiger charge is 2.44. The molecule has 0 unspecified atom stereocenters. The molecule has 2 N–H and O–H groups in total. The molecule has 1 heterocycles. The van der Waals surface area contributed by atoms with Gasteiger partial charge in [-0.05, 0) is 39.8 Å². The zero-order chi connectivity index (χ0) is 16.3. The lowest BCUT2D eigenvalue weighted by atomic mass is 9.74. The summed E-state index contributed by atoms with van der Waals surface area (Å²) in [6, 6.07) is 5.16. The zero-order valence-electron chi connectivity index (χ0n) is 13.2. The Bertz CT molecular complexity index is 512. The van der Waals surface area contributed by atoms with Gasteiger partial charge in [0.15, 0.2) is 0 Å². The van der Waals surface area contributed by atoms with Gasteiger partial charge < -0.3 is 15.3 Å². The third-order valence-corrected chi connectivity index (χ3v) is 3.99. The highest BCUT2D eigenvalue weighted by atomic mass is 16.4. The van der Waals surface area contributed by atoms with Crippen LogP contribution < -0.4 is 5.32 Å². The Balaban J connectivity index is 2.74. The highest BCUT2D eigenvalue weighted by Crippen LogP contribution is 2.30. The number of urea groups is 1. The van der Waals surface area contributed by atoms with Gasteiger partial charge in [-0.3, -0.25) is 9.78 Å². The molecule has 0 radical (unpaired) electrons. The van der Waals surface area contributed by atoms with Crippen molar-refractivity contribution >= 4 is 12.0 Å². The predicted octanol–water partition coefficient (Wildman–Crippen LogP) is 2.11. The molecular weight excluding hydrogens is 270 g/mol. The molecular formula is C15H23N3O3. The molecule has 1 rings (SSSR count). The number of carbonyl (C=O) groups excluding carboxylic acids is 1. The molecule has 116 valence electrons. The van der Waals surface area contributed by atoms with Crippen LogP contribution in [0.25, 0.3) is 0 Å². The number of aromatic nitrogens is 1. The van der Waals surface area contributed by atoms with Gasteiger partial charge in [0.2, 0.25) is 0 Å². The number of hydrogen-bond donors (Lipinski definition) is 2. The van der Waals surface area contributed by atoms with Gasteiger partial charge in [-0.1, -0.05) is 6.07 Å². The van der Waals surface area contributed by atoms with Crippen LogP contribution in [-0.2, 0) is 11.3 Å². The van der Waals surface area contributed by atoms with Gasteiger partial charge in [0.05, 0.1) is 23.2 Å². The SMILES string of the molecule is CN(Cc1ccccn1)C(=O)NC(C)(C)C(C)(C)C(=O)O. The molecule has 0 bridgehead atoms. The van der Waals surface area contributed by atoms with E-state index in [1.165, 1.54) is 4.90 Å². The molecule has 0 aliphatic heterocycles. The predicted molar refractivity (Wildman–Crippen MR) is 79.7 cm³/mol. The van der Waals surface area contributed by atoms with E-state index in [9.17, 15) is 14.7 Å². The van der Waals surface area contributed by atoms with Crippen molar-refractivity contribution in [3.63, 3.8) is 0 Å². The van der Waals surface area contributed by atoms with E-state index in [4.69, 9.17) is 0 Å². The van der Waals surface area contributed by atoms with Gasteiger partial charge in [0.1, 0.15) is 0 Å². The third kappa shape index (κ3) is 3.93. The van der Waals surface area contributed by atoms with Crippen molar-refractivity contribution in [1.82, 2.24) is 15.2 Å². The van der Waals surface area contributed by atoms with Crippen LogP contribution in [0.5, 0.6) is 0 Å².